The first kappa shape index (κ1) is 14.0. The van der Waals surface area contributed by atoms with Crippen molar-refractivity contribution in [2.75, 3.05) is 13.1 Å². The average molecular weight is 262 g/mol. The lowest BCUT2D eigenvalue weighted by Crippen LogP contribution is -2.42. The minimum Gasteiger partial charge on any atom is -0.391 e. The van der Waals surface area contributed by atoms with Gasteiger partial charge in [-0.3, -0.25) is 4.79 Å². The van der Waals surface area contributed by atoms with E-state index >= 15 is 0 Å². The van der Waals surface area contributed by atoms with Crippen LogP contribution in [0.1, 0.15) is 37.3 Å². The van der Waals surface area contributed by atoms with Crippen molar-refractivity contribution in [1.82, 2.24) is 4.90 Å². The van der Waals surface area contributed by atoms with Gasteiger partial charge in [0.2, 0.25) is 5.91 Å². The Kier molecular flexibility index (Phi) is 4.93. The molecule has 1 aromatic rings. The molecule has 1 amide bonds. The molecule has 0 bridgehead atoms. The monoisotopic (exact) mass is 262 g/mol. The predicted octanol–water partition coefficient (Wildman–Crippen LogP) is 1.45. The Bertz CT molecular complexity index is 408. The van der Waals surface area contributed by atoms with E-state index in [1.807, 2.05) is 30.3 Å². The van der Waals surface area contributed by atoms with Gasteiger partial charge in [-0.2, -0.15) is 0 Å². The van der Waals surface area contributed by atoms with Gasteiger partial charge in [-0.25, -0.2) is 0 Å². The number of benzene rings is 1. The van der Waals surface area contributed by atoms with Gasteiger partial charge in [0.25, 0.3) is 0 Å². The lowest BCUT2D eigenvalue weighted by Gasteiger charge is -2.30. The minimum atomic E-state index is -0.361. The third-order valence-electron chi connectivity index (χ3n) is 3.65. The molecule has 104 valence electrons. The Labute approximate surface area is 114 Å². The fourth-order valence-corrected chi connectivity index (χ4v) is 2.49. The number of β-amino-alcohol motifs (C(OH)–C–C–N with tert-alkyl or cyclic N) is 1. The van der Waals surface area contributed by atoms with Crippen LogP contribution in [0.15, 0.2) is 30.3 Å². The molecule has 1 aromatic carbocycles. The minimum absolute atomic E-state index is 0.0973. The van der Waals surface area contributed by atoms with Crippen LogP contribution in [0, 0.1) is 0 Å². The van der Waals surface area contributed by atoms with Crippen LogP contribution < -0.4 is 5.73 Å². The normalized spacial score (nSPS) is 21.2. The van der Waals surface area contributed by atoms with Crippen LogP contribution in [0.3, 0.4) is 0 Å². The van der Waals surface area contributed by atoms with Crippen molar-refractivity contribution in [3.8, 4) is 0 Å². The zero-order valence-electron chi connectivity index (χ0n) is 11.2. The van der Waals surface area contributed by atoms with Gasteiger partial charge in [-0.15, -0.1) is 0 Å². The molecule has 2 unspecified atom stereocenters. The van der Waals surface area contributed by atoms with Gasteiger partial charge in [-0.1, -0.05) is 30.3 Å². The molecule has 0 aromatic heterocycles. The maximum Gasteiger partial charge on any atom is 0.222 e. The van der Waals surface area contributed by atoms with E-state index in [0.29, 0.717) is 19.4 Å². The van der Waals surface area contributed by atoms with E-state index in [9.17, 15) is 9.90 Å². The highest BCUT2D eigenvalue weighted by Gasteiger charge is 2.22. The molecule has 4 nitrogen and oxygen atoms in total. The number of aliphatic hydroxyl groups is 1. The van der Waals surface area contributed by atoms with Crippen molar-refractivity contribution in [2.45, 2.75) is 37.8 Å². The largest absolute Gasteiger partial charge is 0.391 e. The molecule has 0 radical (unpaired) electrons. The lowest BCUT2D eigenvalue weighted by molar-refractivity contribution is -0.134. The summed E-state index contributed by atoms with van der Waals surface area (Å²) in [6.45, 7) is 1.23. The number of amides is 1. The van der Waals surface area contributed by atoms with Crippen molar-refractivity contribution in [1.29, 1.82) is 0 Å². The molecule has 19 heavy (non-hydrogen) atoms. The highest BCUT2D eigenvalue weighted by molar-refractivity contribution is 5.76. The maximum absolute atomic E-state index is 12.0. The molecule has 4 heteroatoms. The molecular weight excluding hydrogens is 240 g/mol. The molecular formula is C15H22N2O2. The van der Waals surface area contributed by atoms with E-state index in [4.69, 9.17) is 5.73 Å². The topological polar surface area (TPSA) is 66.6 Å². The van der Waals surface area contributed by atoms with E-state index in [1.165, 1.54) is 0 Å². The summed E-state index contributed by atoms with van der Waals surface area (Å²) in [5.74, 6) is 0.102. The molecule has 1 heterocycles. The number of likely N-dealkylation sites (tertiary alicyclic amines) is 1. The fourth-order valence-electron chi connectivity index (χ4n) is 2.49. The second-order valence-electron chi connectivity index (χ2n) is 5.19. The first-order valence-corrected chi connectivity index (χ1v) is 6.93. The first-order chi connectivity index (χ1) is 9.16. The van der Waals surface area contributed by atoms with Gasteiger partial charge in [0.15, 0.2) is 0 Å². The zero-order valence-corrected chi connectivity index (χ0v) is 11.2. The molecule has 3 N–H and O–H groups in total. The summed E-state index contributed by atoms with van der Waals surface area (Å²) < 4.78 is 0. The lowest BCUT2D eigenvalue weighted by atomic mass is 10.0. The average Bonchev–Trinajstić information content (AvgIpc) is 2.45. The van der Waals surface area contributed by atoms with E-state index in [1.54, 1.807) is 4.90 Å². The Morgan fingerprint density at radius 3 is 2.84 bits per heavy atom. The first-order valence-electron chi connectivity index (χ1n) is 6.93. The van der Waals surface area contributed by atoms with Crippen LogP contribution in [0.5, 0.6) is 0 Å². The summed E-state index contributed by atoms with van der Waals surface area (Å²) in [5, 5.41) is 9.57. The van der Waals surface area contributed by atoms with Crippen LogP contribution in [-0.2, 0) is 4.79 Å². The number of piperidine rings is 1. The van der Waals surface area contributed by atoms with Crippen LogP contribution in [0.25, 0.3) is 0 Å². The standard InChI is InChI=1S/C15H22N2O2/c16-14(12-5-2-1-3-6-12)8-9-15(19)17-10-4-7-13(18)11-17/h1-3,5-6,13-14,18H,4,7-11,16H2. The van der Waals surface area contributed by atoms with Crippen molar-refractivity contribution >= 4 is 5.91 Å². The van der Waals surface area contributed by atoms with Crippen molar-refractivity contribution in [2.24, 2.45) is 5.73 Å². The van der Waals surface area contributed by atoms with Gasteiger partial charge in [0, 0.05) is 25.6 Å². The Balaban J connectivity index is 1.80. The molecule has 1 saturated heterocycles. The second-order valence-corrected chi connectivity index (χ2v) is 5.19. The quantitative estimate of drug-likeness (QED) is 0.863. The van der Waals surface area contributed by atoms with Gasteiger partial charge in [0.05, 0.1) is 6.10 Å². The number of hydrogen-bond donors (Lipinski definition) is 2. The summed E-state index contributed by atoms with van der Waals surface area (Å²) in [6, 6.07) is 9.74. The summed E-state index contributed by atoms with van der Waals surface area (Å²) in [6.07, 6.45) is 2.42. The summed E-state index contributed by atoms with van der Waals surface area (Å²) >= 11 is 0. The highest BCUT2D eigenvalue weighted by atomic mass is 16.3. The molecule has 1 fully saturated rings. The molecule has 1 aliphatic rings. The number of nitrogens with zero attached hydrogens (tertiary/aromatic N) is 1. The van der Waals surface area contributed by atoms with Crippen molar-refractivity contribution in [3.05, 3.63) is 35.9 Å². The van der Waals surface area contributed by atoms with Crippen LogP contribution in [0.2, 0.25) is 0 Å². The van der Waals surface area contributed by atoms with Crippen molar-refractivity contribution in [3.63, 3.8) is 0 Å². The number of rotatable bonds is 4. The van der Waals surface area contributed by atoms with Crippen LogP contribution >= 0.6 is 0 Å². The van der Waals surface area contributed by atoms with Gasteiger partial charge >= 0.3 is 0 Å². The summed E-state index contributed by atoms with van der Waals surface area (Å²) in [7, 11) is 0. The number of carbonyl (C=O) groups is 1. The molecule has 2 rings (SSSR count). The van der Waals surface area contributed by atoms with E-state index in [2.05, 4.69) is 0 Å². The van der Waals surface area contributed by atoms with Gasteiger partial charge in [-0.05, 0) is 24.8 Å². The SMILES string of the molecule is NC(CCC(=O)N1CCCC(O)C1)c1ccccc1. The van der Waals surface area contributed by atoms with E-state index < -0.39 is 0 Å². The predicted molar refractivity (Wildman–Crippen MR) is 74.4 cm³/mol. The molecule has 2 atom stereocenters. The third-order valence-corrected chi connectivity index (χ3v) is 3.65. The van der Waals surface area contributed by atoms with E-state index in [-0.39, 0.29) is 18.1 Å². The van der Waals surface area contributed by atoms with Crippen LogP contribution in [0.4, 0.5) is 0 Å². The molecule has 0 aliphatic carbocycles. The molecule has 0 saturated carbocycles. The third kappa shape index (κ3) is 4.04. The smallest absolute Gasteiger partial charge is 0.222 e. The second kappa shape index (κ2) is 6.68. The summed E-state index contributed by atoms with van der Waals surface area (Å²) in [4.78, 5) is 13.8. The van der Waals surface area contributed by atoms with Gasteiger partial charge in [0.1, 0.15) is 0 Å². The number of aliphatic hydroxyl groups excluding tert-OH is 1. The number of carbonyl (C=O) groups excluding carboxylic acids is 1. The maximum atomic E-state index is 12.0. The molecule has 1 aliphatic heterocycles. The Morgan fingerprint density at radius 2 is 2.16 bits per heavy atom. The van der Waals surface area contributed by atoms with Crippen molar-refractivity contribution < 1.29 is 9.90 Å². The molecule has 0 spiro atoms. The van der Waals surface area contributed by atoms with E-state index in [0.717, 1.165) is 24.9 Å². The number of nitrogens with two attached hydrogens (primary N) is 1. The fraction of sp³-hybridized carbons (Fsp3) is 0.533. The number of hydrogen-bond acceptors (Lipinski definition) is 3. The van der Waals surface area contributed by atoms with Crippen LogP contribution in [-0.4, -0.2) is 35.1 Å². The highest BCUT2D eigenvalue weighted by Crippen LogP contribution is 2.17. The summed E-state index contributed by atoms with van der Waals surface area (Å²) in [5.41, 5.74) is 7.14. The Morgan fingerprint density at radius 1 is 1.42 bits per heavy atom. The zero-order chi connectivity index (χ0) is 13.7. The van der Waals surface area contributed by atoms with Gasteiger partial charge < -0.3 is 15.7 Å². The Hall–Kier alpha value is -1.39.